The van der Waals surface area contributed by atoms with Crippen molar-refractivity contribution in [3.63, 3.8) is 0 Å². The number of esters is 1. The molecule has 1 aromatic heterocycles. The number of benzene rings is 1. The van der Waals surface area contributed by atoms with Crippen LogP contribution in [0.25, 0.3) is 10.8 Å². The molecule has 0 bridgehead atoms. The third-order valence-electron chi connectivity index (χ3n) is 2.95. The molecule has 17 heavy (non-hydrogen) atoms. The SMILES string of the molecule is COC(=O)CCc1ccc(C)c2cnccc12. The fourth-order valence-corrected chi connectivity index (χ4v) is 1.95. The van der Waals surface area contributed by atoms with Crippen LogP contribution in [0, 0.1) is 6.92 Å². The largest absolute Gasteiger partial charge is 0.469 e. The van der Waals surface area contributed by atoms with Crippen LogP contribution in [-0.2, 0) is 16.0 Å². The van der Waals surface area contributed by atoms with Gasteiger partial charge in [-0.05, 0) is 35.9 Å². The van der Waals surface area contributed by atoms with E-state index in [1.54, 1.807) is 6.20 Å². The Hall–Kier alpha value is -1.90. The first kappa shape index (κ1) is 11.6. The number of carbonyl (C=O) groups excluding carboxylic acids is 1. The van der Waals surface area contributed by atoms with Gasteiger partial charge in [0.1, 0.15) is 0 Å². The molecule has 0 unspecified atom stereocenters. The number of hydrogen-bond acceptors (Lipinski definition) is 3. The van der Waals surface area contributed by atoms with Crippen LogP contribution >= 0.6 is 0 Å². The number of nitrogens with zero attached hydrogens (tertiary/aromatic N) is 1. The molecule has 1 aromatic carbocycles. The molecule has 3 nitrogen and oxygen atoms in total. The highest BCUT2D eigenvalue weighted by molar-refractivity contribution is 5.88. The first-order valence-electron chi connectivity index (χ1n) is 5.61. The summed E-state index contributed by atoms with van der Waals surface area (Å²) in [4.78, 5) is 15.3. The number of rotatable bonds is 3. The molecule has 2 aromatic rings. The average Bonchev–Trinajstić information content (AvgIpc) is 2.38. The van der Waals surface area contributed by atoms with Gasteiger partial charge in [0.2, 0.25) is 0 Å². The lowest BCUT2D eigenvalue weighted by atomic mass is 9.99. The first-order valence-corrected chi connectivity index (χ1v) is 5.61. The van der Waals surface area contributed by atoms with Crippen molar-refractivity contribution < 1.29 is 9.53 Å². The van der Waals surface area contributed by atoms with Gasteiger partial charge in [-0.3, -0.25) is 9.78 Å². The van der Waals surface area contributed by atoms with E-state index < -0.39 is 0 Å². The van der Waals surface area contributed by atoms with Crippen molar-refractivity contribution in [2.45, 2.75) is 19.8 Å². The zero-order valence-corrected chi connectivity index (χ0v) is 10.1. The summed E-state index contributed by atoms with van der Waals surface area (Å²) in [5, 5.41) is 2.32. The molecular weight excluding hydrogens is 214 g/mol. The van der Waals surface area contributed by atoms with E-state index in [0.29, 0.717) is 12.8 Å². The summed E-state index contributed by atoms with van der Waals surface area (Å²) in [5.41, 5.74) is 2.37. The summed E-state index contributed by atoms with van der Waals surface area (Å²) in [6.07, 6.45) is 4.76. The van der Waals surface area contributed by atoms with Gasteiger partial charge in [-0.15, -0.1) is 0 Å². The summed E-state index contributed by atoms with van der Waals surface area (Å²) in [7, 11) is 1.42. The van der Waals surface area contributed by atoms with Crippen LogP contribution in [0.2, 0.25) is 0 Å². The molecule has 0 aliphatic rings. The van der Waals surface area contributed by atoms with Crippen molar-refractivity contribution in [3.8, 4) is 0 Å². The molecule has 0 radical (unpaired) electrons. The summed E-state index contributed by atoms with van der Waals surface area (Å²) >= 11 is 0. The molecule has 0 aliphatic heterocycles. The number of fused-ring (bicyclic) bond motifs is 1. The van der Waals surface area contributed by atoms with Crippen LogP contribution in [0.1, 0.15) is 17.5 Å². The van der Waals surface area contributed by atoms with Gasteiger partial charge in [0, 0.05) is 24.2 Å². The normalized spacial score (nSPS) is 10.5. The second kappa shape index (κ2) is 4.95. The molecule has 0 saturated heterocycles. The molecule has 1 heterocycles. The number of pyridine rings is 1. The van der Waals surface area contributed by atoms with E-state index in [1.165, 1.54) is 23.6 Å². The van der Waals surface area contributed by atoms with Crippen LogP contribution in [0.5, 0.6) is 0 Å². The van der Waals surface area contributed by atoms with Gasteiger partial charge < -0.3 is 4.74 Å². The van der Waals surface area contributed by atoms with E-state index in [9.17, 15) is 4.79 Å². The van der Waals surface area contributed by atoms with E-state index in [1.807, 2.05) is 12.3 Å². The summed E-state index contributed by atoms with van der Waals surface area (Å²) in [5.74, 6) is -0.173. The minimum Gasteiger partial charge on any atom is -0.469 e. The minimum absolute atomic E-state index is 0.173. The predicted molar refractivity (Wildman–Crippen MR) is 66.8 cm³/mol. The minimum atomic E-state index is -0.173. The molecule has 0 spiro atoms. The second-order valence-electron chi connectivity index (χ2n) is 4.04. The van der Waals surface area contributed by atoms with Gasteiger partial charge in [-0.25, -0.2) is 0 Å². The average molecular weight is 229 g/mol. The molecule has 0 fully saturated rings. The molecule has 88 valence electrons. The Balaban J connectivity index is 2.35. The lowest BCUT2D eigenvalue weighted by molar-refractivity contribution is -0.140. The Labute approximate surface area is 100 Å². The standard InChI is InChI=1S/C14H15NO2/c1-10-3-4-11(5-6-14(16)17-2)12-7-8-15-9-13(10)12/h3-4,7-9H,5-6H2,1-2H3. The van der Waals surface area contributed by atoms with Crippen molar-refractivity contribution in [2.75, 3.05) is 7.11 Å². The fourth-order valence-electron chi connectivity index (χ4n) is 1.95. The maximum Gasteiger partial charge on any atom is 0.305 e. The molecular formula is C14H15NO2. The lowest BCUT2D eigenvalue weighted by Crippen LogP contribution is -2.02. The summed E-state index contributed by atoms with van der Waals surface area (Å²) in [6.45, 7) is 2.06. The number of carbonyl (C=O) groups is 1. The van der Waals surface area contributed by atoms with Crippen LogP contribution in [0.15, 0.2) is 30.6 Å². The summed E-state index contributed by atoms with van der Waals surface area (Å²) in [6, 6.07) is 6.13. The van der Waals surface area contributed by atoms with Crippen molar-refractivity contribution in [3.05, 3.63) is 41.7 Å². The quantitative estimate of drug-likeness (QED) is 0.759. The van der Waals surface area contributed by atoms with Gasteiger partial charge in [-0.2, -0.15) is 0 Å². The monoisotopic (exact) mass is 229 g/mol. The van der Waals surface area contributed by atoms with Gasteiger partial charge in [0.05, 0.1) is 7.11 Å². The number of aryl methyl sites for hydroxylation is 2. The molecule has 3 heteroatoms. The highest BCUT2D eigenvalue weighted by Gasteiger charge is 2.06. The molecule has 0 aliphatic carbocycles. The fraction of sp³-hybridized carbons (Fsp3) is 0.286. The van der Waals surface area contributed by atoms with Crippen LogP contribution in [0.3, 0.4) is 0 Å². The first-order chi connectivity index (χ1) is 8.22. The van der Waals surface area contributed by atoms with Gasteiger partial charge >= 0.3 is 5.97 Å². The van der Waals surface area contributed by atoms with Crippen molar-refractivity contribution >= 4 is 16.7 Å². The van der Waals surface area contributed by atoms with Crippen molar-refractivity contribution in [1.29, 1.82) is 0 Å². The van der Waals surface area contributed by atoms with Gasteiger partial charge in [0.25, 0.3) is 0 Å². The Morgan fingerprint density at radius 1 is 1.29 bits per heavy atom. The van der Waals surface area contributed by atoms with Gasteiger partial charge in [-0.1, -0.05) is 12.1 Å². The highest BCUT2D eigenvalue weighted by atomic mass is 16.5. The Bertz CT molecular complexity index is 549. The smallest absolute Gasteiger partial charge is 0.305 e. The zero-order valence-electron chi connectivity index (χ0n) is 10.1. The molecule has 2 rings (SSSR count). The van der Waals surface area contributed by atoms with Crippen LogP contribution in [0.4, 0.5) is 0 Å². The van der Waals surface area contributed by atoms with E-state index in [4.69, 9.17) is 0 Å². The van der Waals surface area contributed by atoms with E-state index in [-0.39, 0.29) is 5.97 Å². The van der Waals surface area contributed by atoms with E-state index >= 15 is 0 Å². The molecule has 0 amide bonds. The summed E-state index contributed by atoms with van der Waals surface area (Å²) < 4.78 is 4.66. The van der Waals surface area contributed by atoms with Crippen LogP contribution in [-0.4, -0.2) is 18.1 Å². The molecule has 0 saturated carbocycles. The van der Waals surface area contributed by atoms with E-state index in [0.717, 1.165) is 5.39 Å². The Morgan fingerprint density at radius 3 is 2.88 bits per heavy atom. The molecule has 0 atom stereocenters. The Kier molecular flexibility index (Phi) is 3.38. The maximum absolute atomic E-state index is 11.2. The Morgan fingerprint density at radius 2 is 2.12 bits per heavy atom. The van der Waals surface area contributed by atoms with Crippen molar-refractivity contribution in [1.82, 2.24) is 4.98 Å². The van der Waals surface area contributed by atoms with Crippen molar-refractivity contribution in [2.24, 2.45) is 0 Å². The molecule has 0 N–H and O–H groups in total. The predicted octanol–water partition coefficient (Wildman–Crippen LogP) is 2.65. The second-order valence-corrected chi connectivity index (χ2v) is 4.04. The van der Waals surface area contributed by atoms with Gasteiger partial charge in [0.15, 0.2) is 0 Å². The lowest BCUT2D eigenvalue weighted by Gasteiger charge is -2.07. The number of hydrogen-bond donors (Lipinski definition) is 0. The zero-order chi connectivity index (χ0) is 12.3. The third-order valence-corrected chi connectivity index (χ3v) is 2.95. The maximum atomic E-state index is 11.2. The van der Waals surface area contributed by atoms with Crippen LogP contribution < -0.4 is 0 Å². The number of methoxy groups -OCH3 is 1. The third kappa shape index (κ3) is 2.44. The highest BCUT2D eigenvalue weighted by Crippen LogP contribution is 2.22. The number of ether oxygens (including phenoxy) is 1. The van der Waals surface area contributed by atoms with E-state index in [2.05, 4.69) is 28.8 Å². The topological polar surface area (TPSA) is 39.2 Å². The number of aromatic nitrogens is 1.